The van der Waals surface area contributed by atoms with E-state index >= 15 is 0 Å². The number of fused-ring (bicyclic) bond motifs is 1. The monoisotopic (exact) mass is 496 g/mol. The molecule has 0 unspecified atom stereocenters. The molecule has 1 aliphatic rings. The van der Waals surface area contributed by atoms with E-state index in [4.69, 9.17) is 44.3 Å². The number of amidine groups is 1. The summed E-state index contributed by atoms with van der Waals surface area (Å²) in [5, 5.41) is 4.15. The van der Waals surface area contributed by atoms with Crippen LogP contribution in [0.15, 0.2) is 63.9 Å². The predicted molar refractivity (Wildman–Crippen MR) is 123 cm³/mol. The van der Waals surface area contributed by atoms with Gasteiger partial charge in [0.05, 0.1) is 17.8 Å². The minimum Gasteiger partial charge on any atom is -0.493 e. The number of benzene rings is 3. The fourth-order valence-electron chi connectivity index (χ4n) is 3.05. The Morgan fingerprint density at radius 3 is 2.39 bits per heavy atom. The van der Waals surface area contributed by atoms with Gasteiger partial charge in [-0.15, -0.1) is 4.40 Å². The number of methoxy groups -OCH3 is 1. The highest BCUT2D eigenvalue weighted by Crippen LogP contribution is 2.39. The summed E-state index contributed by atoms with van der Waals surface area (Å²) in [6.07, 6.45) is 0. The van der Waals surface area contributed by atoms with Crippen molar-refractivity contribution in [2.45, 2.75) is 11.5 Å². The zero-order valence-electron chi connectivity index (χ0n) is 16.0. The van der Waals surface area contributed by atoms with Gasteiger partial charge in [0.2, 0.25) is 0 Å². The molecule has 3 aromatic rings. The number of hydrogen-bond acceptors (Lipinski definition) is 5. The van der Waals surface area contributed by atoms with Crippen LogP contribution in [0.2, 0.25) is 15.1 Å². The van der Waals surface area contributed by atoms with Crippen molar-refractivity contribution in [2.24, 2.45) is 4.40 Å². The Hall–Kier alpha value is -2.45. The van der Waals surface area contributed by atoms with Crippen LogP contribution in [0.5, 0.6) is 11.5 Å². The van der Waals surface area contributed by atoms with E-state index < -0.39 is 10.0 Å². The van der Waals surface area contributed by atoms with Crippen molar-refractivity contribution in [3.8, 4) is 11.5 Å². The predicted octanol–water partition coefficient (Wildman–Crippen LogP) is 5.80. The smallest absolute Gasteiger partial charge is 0.286 e. The summed E-state index contributed by atoms with van der Waals surface area (Å²) >= 11 is 18.8. The van der Waals surface area contributed by atoms with Crippen LogP contribution in [0.25, 0.3) is 0 Å². The SMILES string of the molecule is COc1cc(C2=NS(=O)(=O)c3ccccc3N2)cc(Cl)c1OCc1c(Cl)cccc1Cl. The number of hydrogen-bond donors (Lipinski definition) is 1. The third kappa shape index (κ3) is 4.32. The van der Waals surface area contributed by atoms with Crippen molar-refractivity contribution in [1.29, 1.82) is 0 Å². The molecule has 0 aromatic heterocycles. The van der Waals surface area contributed by atoms with Crippen molar-refractivity contribution >= 4 is 56.3 Å². The minimum absolute atomic E-state index is 0.0644. The second-order valence-electron chi connectivity index (χ2n) is 6.51. The molecule has 10 heteroatoms. The zero-order chi connectivity index (χ0) is 22.2. The molecule has 0 radical (unpaired) electrons. The standard InChI is InChI=1S/C21H15Cl3N2O4S/c1-29-18-10-12(21-25-17-7-2-3-8-19(17)31(27,28)26-21)9-16(24)20(18)30-11-13-14(22)5-4-6-15(13)23/h2-10H,11H2,1H3,(H,25,26). The number of sulfonamides is 1. The molecule has 0 amide bonds. The van der Waals surface area contributed by atoms with Crippen molar-refractivity contribution in [3.05, 3.63) is 80.8 Å². The van der Waals surface area contributed by atoms with Crippen molar-refractivity contribution in [1.82, 2.24) is 0 Å². The molecule has 0 bridgehead atoms. The van der Waals surface area contributed by atoms with Gasteiger partial charge >= 0.3 is 0 Å². The van der Waals surface area contributed by atoms with Crippen LogP contribution >= 0.6 is 34.8 Å². The summed E-state index contributed by atoms with van der Waals surface area (Å²) in [5.74, 6) is 0.689. The maximum Gasteiger partial charge on any atom is 0.286 e. The number of nitrogens with one attached hydrogen (secondary N) is 1. The largest absolute Gasteiger partial charge is 0.493 e. The van der Waals surface area contributed by atoms with Gasteiger partial charge in [0.1, 0.15) is 11.5 Å². The summed E-state index contributed by atoms with van der Waals surface area (Å²) in [4.78, 5) is 0.105. The highest BCUT2D eigenvalue weighted by molar-refractivity contribution is 7.90. The molecule has 0 fully saturated rings. The van der Waals surface area contributed by atoms with Gasteiger partial charge in [-0.05, 0) is 36.4 Å². The number of anilines is 1. The summed E-state index contributed by atoms with van der Waals surface area (Å²) in [5.41, 5.74) is 1.45. The summed E-state index contributed by atoms with van der Waals surface area (Å²) in [6.45, 7) is 0.0644. The highest BCUT2D eigenvalue weighted by atomic mass is 35.5. The van der Waals surface area contributed by atoms with E-state index in [0.29, 0.717) is 32.6 Å². The lowest BCUT2D eigenvalue weighted by Gasteiger charge is -2.20. The first-order chi connectivity index (χ1) is 14.8. The third-order valence-corrected chi connectivity index (χ3v) is 6.88. The molecule has 0 aliphatic carbocycles. The molecule has 1 heterocycles. The van der Waals surface area contributed by atoms with Gasteiger partial charge in [0.25, 0.3) is 10.0 Å². The molecular weight excluding hydrogens is 483 g/mol. The molecule has 3 aromatic carbocycles. The molecule has 0 atom stereocenters. The summed E-state index contributed by atoms with van der Waals surface area (Å²) in [6, 6.07) is 14.8. The van der Waals surface area contributed by atoms with Gasteiger partial charge in [-0.25, -0.2) is 0 Å². The minimum atomic E-state index is -3.86. The Balaban J connectivity index is 1.68. The lowest BCUT2D eigenvalue weighted by molar-refractivity contribution is 0.285. The van der Waals surface area contributed by atoms with E-state index in [0.717, 1.165) is 0 Å². The maximum atomic E-state index is 12.5. The first-order valence-electron chi connectivity index (χ1n) is 8.95. The Morgan fingerprint density at radius 1 is 0.968 bits per heavy atom. The Bertz CT molecular complexity index is 1290. The van der Waals surface area contributed by atoms with Crippen molar-refractivity contribution in [3.63, 3.8) is 0 Å². The van der Waals surface area contributed by atoms with E-state index in [1.54, 1.807) is 48.5 Å². The van der Waals surface area contributed by atoms with Crippen molar-refractivity contribution < 1.29 is 17.9 Å². The molecule has 0 spiro atoms. The van der Waals surface area contributed by atoms with Gasteiger partial charge in [0, 0.05) is 21.2 Å². The van der Waals surface area contributed by atoms with E-state index in [9.17, 15) is 8.42 Å². The van der Waals surface area contributed by atoms with Crippen LogP contribution in [0.4, 0.5) is 5.69 Å². The van der Waals surface area contributed by atoms with Gasteiger partial charge in [-0.3, -0.25) is 0 Å². The molecule has 160 valence electrons. The molecule has 6 nitrogen and oxygen atoms in total. The number of para-hydroxylation sites is 1. The average molecular weight is 498 g/mol. The van der Waals surface area contributed by atoms with E-state index in [2.05, 4.69) is 9.71 Å². The van der Waals surface area contributed by atoms with Crippen LogP contribution in [0.3, 0.4) is 0 Å². The molecule has 0 saturated heterocycles. The Labute approximate surface area is 194 Å². The first-order valence-corrected chi connectivity index (χ1v) is 11.5. The van der Waals surface area contributed by atoms with Gasteiger partial charge in [0.15, 0.2) is 17.3 Å². The van der Waals surface area contributed by atoms with Crippen LogP contribution in [0, 0.1) is 0 Å². The number of rotatable bonds is 5. The van der Waals surface area contributed by atoms with Crippen LogP contribution in [0.1, 0.15) is 11.1 Å². The van der Waals surface area contributed by atoms with E-state index in [-0.39, 0.29) is 28.1 Å². The van der Waals surface area contributed by atoms with Crippen LogP contribution < -0.4 is 14.8 Å². The lowest BCUT2D eigenvalue weighted by Crippen LogP contribution is -2.22. The van der Waals surface area contributed by atoms with Crippen LogP contribution in [-0.2, 0) is 16.6 Å². The fourth-order valence-corrected chi connectivity index (χ4v) is 4.96. The topological polar surface area (TPSA) is 77.0 Å². The molecule has 0 saturated carbocycles. The quantitative estimate of drug-likeness (QED) is 0.482. The Kier molecular flexibility index (Phi) is 6.03. The van der Waals surface area contributed by atoms with Gasteiger partial charge < -0.3 is 14.8 Å². The maximum absolute atomic E-state index is 12.5. The lowest BCUT2D eigenvalue weighted by atomic mass is 10.1. The molecule has 1 aliphatic heterocycles. The molecule has 1 N–H and O–H groups in total. The second-order valence-corrected chi connectivity index (χ2v) is 9.31. The van der Waals surface area contributed by atoms with Gasteiger partial charge in [-0.2, -0.15) is 8.42 Å². The summed E-state index contributed by atoms with van der Waals surface area (Å²) in [7, 11) is -2.41. The zero-order valence-corrected chi connectivity index (χ0v) is 19.1. The Morgan fingerprint density at radius 2 is 1.68 bits per heavy atom. The molecule has 31 heavy (non-hydrogen) atoms. The number of ether oxygens (including phenoxy) is 2. The van der Waals surface area contributed by atoms with Crippen LogP contribution in [-0.4, -0.2) is 21.4 Å². The molecular formula is C21H15Cl3N2O4S. The highest BCUT2D eigenvalue weighted by Gasteiger charge is 2.26. The second kappa shape index (κ2) is 8.59. The van der Waals surface area contributed by atoms with Gasteiger partial charge in [-0.1, -0.05) is 53.0 Å². The van der Waals surface area contributed by atoms with E-state index in [1.807, 2.05) is 0 Å². The van der Waals surface area contributed by atoms with E-state index in [1.165, 1.54) is 13.2 Å². The van der Waals surface area contributed by atoms with Crippen molar-refractivity contribution in [2.75, 3.05) is 12.4 Å². The summed E-state index contributed by atoms with van der Waals surface area (Å²) < 4.78 is 40.2. The fraction of sp³-hybridized carbons (Fsp3) is 0.0952. The number of nitrogens with zero attached hydrogens (tertiary/aromatic N) is 1. The third-order valence-electron chi connectivity index (χ3n) is 4.55. The average Bonchev–Trinajstić information content (AvgIpc) is 2.73. The molecule has 4 rings (SSSR count). The normalized spacial score (nSPS) is 14.3. The first kappa shape index (κ1) is 21.8. The number of halogens is 3.